The van der Waals surface area contributed by atoms with Crippen molar-refractivity contribution < 1.29 is 14.4 Å². The molecule has 1 rings (SSSR count). The summed E-state index contributed by atoms with van der Waals surface area (Å²) in [6, 6.07) is 5.72. The highest BCUT2D eigenvalue weighted by Gasteiger charge is 2.22. The third-order valence-corrected chi connectivity index (χ3v) is 2.85. The quantitative estimate of drug-likeness (QED) is 0.585. The van der Waals surface area contributed by atoms with Crippen LogP contribution in [0, 0.1) is 0 Å². The van der Waals surface area contributed by atoms with Gasteiger partial charge >= 0.3 is 7.60 Å². The molecular formula is C6H8Cl2NO3P. The first-order chi connectivity index (χ1) is 5.94. The summed E-state index contributed by atoms with van der Waals surface area (Å²) >= 11 is 9.51. The average Bonchev–Trinajstić information content (AvgIpc) is 2.07. The van der Waals surface area contributed by atoms with Crippen molar-refractivity contribution in [3.8, 4) is 0 Å². The van der Waals surface area contributed by atoms with Crippen molar-refractivity contribution in [2.45, 2.75) is 4.58 Å². The number of nitrogens with zero attached hydrogens (tertiary/aromatic N) is 1. The minimum atomic E-state index is -4.21. The summed E-state index contributed by atoms with van der Waals surface area (Å²) in [5.41, 5.74) is 0. The van der Waals surface area contributed by atoms with E-state index in [-0.39, 0.29) is 0 Å². The van der Waals surface area contributed by atoms with Crippen LogP contribution in [0.4, 0.5) is 0 Å². The Morgan fingerprint density at radius 1 is 1.15 bits per heavy atom. The summed E-state index contributed by atoms with van der Waals surface area (Å²) < 4.78 is 8.17. The molecule has 1 aromatic rings. The van der Waals surface area contributed by atoms with Crippen molar-refractivity contribution in [2.24, 2.45) is 0 Å². The van der Waals surface area contributed by atoms with E-state index in [0.717, 1.165) is 0 Å². The molecule has 0 aliphatic heterocycles. The molecule has 0 saturated heterocycles. The highest BCUT2D eigenvalue weighted by molar-refractivity contribution is 7.56. The number of pyridine rings is 1. The fourth-order valence-corrected chi connectivity index (χ4v) is 0.313. The van der Waals surface area contributed by atoms with Crippen molar-refractivity contribution in [2.75, 3.05) is 0 Å². The predicted molar refractivity (Wildman–Crippen MR) is 51.8 cm³/mol. The van der Waals surface area contributed by atoms with Crippen molar-refractivity contribution >= 4 is 30.8 Å². The van der Waals surface area contributed by atoms with Crippen LogP contribution in [-0.4, -0.2) is 19.3 Å². The van der Waals surface area contributed by atoms with Crippen molar-refractivity contribution in [1.29, 1.82) is 0 Å². The van der Waals surface area contributed by atoms with Gasteiger partial charge in [0.15, 0.2) is 0 Å². The molecule has 0 radical (unpaired) electrons. The first-order valence-corrected chi connectivity index (χ1v) is 5.68. The van der Waals surface area contributed by atoms with E-state index in [1.54, 1.807) is 12.4 Å². The lowest BCUT2D eigenvalue weighted by Crippen LogP contribution is -1.86. The summed E-state index contributed by atoms with van der Waals surface area (Å²) in [7, 11) is -4.21. The van der Waals surface area contributed by atoms with Crippen LogP contribution < -0.4 is 0 Å². The average molecular weight is 244 g/mol. The van der Waals surface area contributed by atoms with Crippen LogP contribution in [0.15, 0.2) is 30.6 Å². The molecule has 0 atom stereocenters. The summed E-state index contributed by atoms with van der Waals surface area (Å²) in [4.78, 5) is 19.7. The standard InChI is InChI=1S/C5H5N.CH3Cl2O3P/c1-2-4-6-5-3-1;2-1(3)7(4,5)6/h1-5H;1H,(H2,4,5,6). The van der Waals surface area contributed by atoms with Gasteiger partial charge in [0.25, 0.3) is 0 Å². The summed E-state index contributed by atoms with van der Waals surface area (Å²) in [5.74, 6) is 0. The number of hydrogen-bond donors (Lipinski definition) is 2. The topological polar surface area (TPSA) is 70.4 Å². The van der Waals surface area contributed by atoms with Gasteiger partial charge in [0, 0.05) is 12.4 Å². The third-order valence-electron chi connectivity index (χ3n) is 0.821. The second kappa shape index (κ2) is 6.35. The maximum atomic E-state index is 9.76. The lowest BCUT2D eigenvalue weighted by Gasteiger charge is -1.99. The molecule has 2 N–H and O–H groups in total. The largest absolute Gasteiger partial charge is 0.358 e. The lowest BCUT2D eigenvalue weighted by atomic mass is 10.5. The normalized spacial score (nSPS) is 10.5. The van der Waals surface area contributed by atoms with E-state index in [4.69, 9.17) is 33.0 Å². The Kier molecular flexibility index (Phi) is 6.29. The molecule has 0 aromatic carbocycles. The second-order valence-corrected chi connectivity index (χ2v) is 5.29. The van der Waals surface area contributed by atoms with Crippen LogP contribution in [-0.2, 0) is 4.57 Å². The molecule has 0 saturated carbocycles. The molecule has 74 valence electrons. The van der Waals surface area contributed by atoms with E-state index in [1.165, 1.54) is 0 Å². The van der Waals surface area contributed by atoms with Gasteiger partial charge in [0.05, 0.1) is 0 Å². The molecule has 0 aliphatic rings. The monoisotopic (exact) mass is 243 g/mol. The Morgan fingerprint density at radius 2 is 1.54 bits per heavy atom. The molecule has 4 nitrogen and oxygen atoms in total. The Balaban J connectivity index is 0.000000223. The van der Waals surface area contributed by atoms with Gasteiger partial charge in [-0.2, -0.15) is 0 Å². The first kappa shape index (κ1) is 12.9. The van der Waals surface area contributed by atoms with E-state index in [0.29, 0.717) is 0 Å². The van der Waals surface area contributed by atoms with Crippen LogP contribution >= 0.6 is 30.8 Å². The number of rotatable bonds is 1. The molecule has 1 aromatic heterocycles. The minimum absolute atomic E-state index is 1.59. The number of aromatic nitrogens is 1. The zero-order valence-corrected chi connectivity index (χ0v) is 8.82. The molecule has 0 aliphatic carbocycles. The van der Waals surface area contributed by atoms with E-state index in [9.17, 15) is 4.57 Å². The van der Waals surface area contributed by atoms with E-state index < -0.39 is 12.2 Å². The van der Waals surface area contributed by atoms with Crippen molar-refractivity contribution in [3.05, 3.63) is 30.6 Å². The highest BCUT2D eigenvalue weighted by Crippen LogP contribution is 2.45. The van der Waals surface area contributed by atoms with Crippen LogP contribution in [0.1, 0.15) is 0 Å². The number of hydrogen-bond acceptors (Lipinski definition) is 2. The molecule has 0 fully saturated rings. The fourth-order valence-electron chi connectivity index (χ4n) is 0.313. The maximum absolute atomic E-state index is 9.76. The van der Waals surface area contributed by atoms with Crippen LogP contribution in [0.25, 0.3) is 0 Å². The van der Waals surface area contributed by atoms with E-state index in [2.05, 4.69) is 4.98 Å². The maximum Gasteiger partial charge on any atom is 0.358 e. The lowest BCUT2D eigenvalue weighted by molar-refractivity contribution is 0.376. The summed E-state index contributed by atoms with van der Waals surface area (Å²) in [6.07, 6.45) is 3.50. The van der Waals surface area contributed by atoms with Gasteiger partial charge in [0.2, 0.25) is 4.58 Å². The zero-order chi connectivity index (χ0) is 10.3. The van der Waals surface area contributed by atoms with Crippen LogP contribution in [0.2, 0.25) is 0 Å². The van der Waals surface area contributed by atoms with E-state index >= 15 is 0 Å². The Bertz CT molecular complexity index is 237. The molecule has 0 unspecified atom stereocenters. The second-order valence-electron chi connectivity index (χ2n) is 1.89. The van der Waals surface area contributed by atoms with Gasteiger partial charge in [-0.05, 0) is 12.1 Å². The van der Waals surface area contributed by atoms with Gasteiger partial charge < -0.3 is 9.79 Å². The molecule has 0 bridgehead atoms. The van der Waals surface area contributed by atoms with Gasteiger partial charge in [-0.15, -0.1) is 0 Å². The molecule has 0 amide bonds. The summed E-state index contributed by atoms with van der Waals surface area (Å²) in [6.45, 7) is 0. The highest BCUT2D eigenvalue weighted by atomic mass is 35.5. The molecular weight excluding hydrogens is 236 g/mol. The minimum Gasteiger partial charge on any atom is -0.323 e. The number of halogens is 2. The Labute approximate surface area is 85.7 Å². The van der Waals surface area contributed by atoms with Crippen molar-refractivity contribution in [1.82, 2.24) is 4.98 Å². The fraction of sp³-hybridized carbons (Fsp3) is 0.167. The van der Waals surface area contributed by atoms with Crippen LogP contribution in [0.5, 0.6) is 0 Å². The number of alkyl halides is 2. The van der Waals surface area contributed by atoms with Gasteiger partial charge in [-0.1, -0.05) is 29.3 Å². The predicted octanol–water partition coefficient (Wildman–Crippen LogP) is 2.01. The van der Waals surface area contributed by atoms with Gasteiger partial charge in [-0.3, -0.25) is 9.55 Å². The molecule has 1 heterocycles. The Morgan fingerprint density at radius 3 is 1.62 bits per heavy atom. The summed E-state index contributed by atoms with van der Waals surface area (Å²) in [5, 5.41) is 0. The SMILES string of the molecule is O=P(O)(O)C(Cl)Cl.c1ccncc1. The zero-order valence-electron chi connectivity index (χ0n) is 6.42. The Hall–Kier alpha value is -0.120. The molecule has 7 heteroatoms. The van der Waals surface area contributed by atoms with Crippen LogP contribution in [0.3, 0.4) is 0 Å². The molecule has 0 spiro atoms. The first-order valence-electron chi connectivity index (χ1n) is 3.13. The molecule has 13 heavy (non-hydrogen) atoms. The van der Waals surface area contributed by atoms with Gasteiger partial charge in [-0.25, -0.2) is 0 Å². The van der Waals surface area contributed by atoms with Crippen molar-refractivity contribution in [3.63, 3.8) is 0 Å². The van der Waals surface area contributed by atoms with Gasteiger partial charge in [0.1, 0.15) is 0 Å². The smallest absolute Gasteiger partial charge is 0.323 e. The van der Waals surface area contributed by atoms with E-state index in [1.807, 2.05) is 18.2 Å². The third kappa shape index (κ3) is 8.22.